The van der Waals surface area contributed by atoms with Crippen molar-refractivity contribution >= 4 is 5.95 Å². The van der Waals surface area contributed by atoms with Crippen LogP contribution in [0.25, 0.3) is 11.4 Å². The molecule has 2 heterocycles. The minimum Gasteiger partial charge on any atom is -0.491 e. The van der Waals surface area contributed by atoms with Crippen molar-refractivity contribution in [3.8, 4) is 17.1 Å². The molecule has 0 bridgehead atoms. The monoisotopic (exact) mass is 326 g/mol. The molecule has 1 aromatic carbocycles. The number of benzene rings is 1. The summed E-state index contributed by atoms with van der Waals surface area (Å²) in [6, 6.07) is 8.12. The molecule has 7 nitrogen and oxygen atoms in total. The zero-order valence-corrected chi connectivity index (χ0v) is 14.4. The molecule has 0 spiro atoms. The van der Waals surface area contributed by atoms with Crippen LogP contribution < -0.4 is 9.64 Å². The van der Waals surface area contributed by atoms with E-state index in [2.05, 4.69) is 37.4 Å². The highest BCUT2D eigenvalue weighted by atomic mass is 16.5. The summed E-state index contributed by atoms with van der Waals surface area (Å²) in [5.41, 5.74) is 2.07. The summed E-state index contributed by atoms with van der Waals surface area (Å²) in [6.45, 7) is 4.76. The number of aromatic amines is 1. The number of ether oxygens (including phenoxy) is 1. The van der Waals surface area contributed by atoms with Gasteiger partial charge in [-0.05, 0) is 31.5 Å². The Labute approximate surface area is 141 Å². The fourth-order valence-corrected chi connectivity index (χ4v) is 2.61. The average molecular weight is 326 g/mol. The second-order valence-electron chi connectivity index (χ2n) is 6.04. The highest BCUT2D eigenvalue weighted by Gasteiger charge is 2.15. The molecule has 3 rings (SSSR count). The van der Waals surface area contributed by atoms with Crippen LogP contribution in [0.15, 0.2) is 36.7 Å². The SMILES string of the molecule is CC(C)Oc1cccc(CN(C)c2nnc(-c3cn[nH]c3)n2C)c1. The molecule has 2 aromatic heterocycles. The summed E-state index contributed by atoms with van der Waals surface area (Å²) in [5.74, 6) is 2.46. The van der Waals surface area contributed by atoms with Crippen molar-refractivity contribution in [1.82, 2.24) is 25.0 Å². The highest BCUT2D eigenvalue weighted by Crippen LogP contribution is 2.22. The fraction of sp³-hybridized carbons (Fsp3) is 0.353. The van der Waals surface area contributed by atoms with E-state index in [1.54, 1.807) is 12.4 Å². The number of nitrogens with zero attached hydrogens (tertiary/aromatic N) is 5. The van der Waals surface area contributed by atoms with Gasteiger partial charge in [0, 0.05) is 26.8 Å². The predicted molar refractivity (Wildman–Crippen MR) is 92.9 cm³/mol. The van der Waals surface area contributed by atoms with Crippen LogP contribution >= 0.6 is 0 Å². The average Bonchev–Trinajstić information content (AvgIpc) is 3.16. The Kier molecular flexibility index (Phi) is 4.50. The van der Waals surface area contributed by atoms with Gasteiger partial charge in [0.05, 0.1) is 17.9 Å². The van der Waals surface area contributed by atoms with Gasteiger partial charge in [0.25, 0.3) is 0 Å². The lowest BCUT2D eigenvalue weighted by molar-refractivity contribution is 0.242. The fourth-order valence-electron chi connectivity index (χ4n) is 2.61. The van der Waals surface area contributed by atoms with Crippen LogP contribution in [0.3, 0.4) is 0 Å². The molecule has 0 saturated heterocycles. The Morgan fingerprint density at radius 1 is 1.29 bits per heavy atom. The van der Waals surface area contributed by atoms with Gasteiger partial charge < -0.3 is 9.64 Å². The Morgan fingerprint density at radius 3 is 2.83 bits per heavy atom. The predicted octanol–water partition coefficient (Wildman–Crippen LogP) is 2.63. The number of hydrogen-bond acceptors (Lipinski definition) is 5. The van der Waals surface area contributed by atoms with E-state index in [1.807, 2.05) is 44.6 Å². The summed E-state index contributed by atoms with van der Waals surface area (Å²) >= 11 is 0. The van der Waals surface area contributed by atoms with E-state index in [0.717, 1.165) is 28.6 Å². The highest BCUT2D eigenvalue weighted by molar-refractivity contribution is 5.55. The largest absolute Gasteiger partial charge is 0.491 e. The number of H-pyrrole nitrogens is 1. The molecule has 0 fully saturated rings. The van der Waals surface area contributed by atoms with Crippen molar-refractivity contribution in [2.75, 3.05) is 11.9 Å². The first kappa shape index (κ1) is 16.0. The van der Waals surface area contributed by atoms with Gasteiger partial charge in [-0.25, -0.2) is 0 Å². The first-order chi connectivity index (χ1) is 11.5. The number of aromatic nitrogens is 5. The normalized spacial score (nSPS) is 11.0. The topological polar surface area (TPSA) is 71.9 Å². The molecule has 0 aliphatic carbocycles. The number of anilines is 1. The van der Waals surface area contributed by atoms with E-state index in [0.29, 0.717) is 6.54 Å². The van der Waals surface area contributed by atoms with Crippen LogP contribution in [0.2, 0.25) is 0 Å². The third-order valence-corrected chi connectivity index (χ3v) is 3.64. The molecule has 0 amide bonds. The Hall–Kier alpha value is -2.83. The molecule has 3 aromatic rings. The van der Waals surface area contributed by atoms with Crippen molar-refractivity contribution in [3.63, 3.8) is 0 Å². The lowest BCUT2D eigenvalue weighted by Crippen LogP contribution is -2.20. The van der Waals surface area contributed by atoms with Gasteiger partial charge in [-0.3, -0.25) is 9.67 Å². The first-order valence-corrected chi connectivity index (χ1v) is 7.90. The summed E-state index contributed by atoms with van der Waals surface area (Å²) in [5, 5.41) is 15.3. The maximum atomic E-state index is 5.76. The Bertz CT molecular complexity index is 793. The van der Waals surface area contributed by atoms with Gasteiger partial charge in [0.1, 0.15) is 5.75 Å². The van der Waals surface area contributed by atoms with Gasteiger partial charge in [0.15, 0.2) is 5.82 Å². The van der Waals surface area contributed by atoms with Crippen LogP contribution in [0.1, 0.15) is 19.4 Å². The van der Waals surface area contributed by atoms with Crippen molar-refractivity contribution in [2.45, 2.75) is 26.5 Å². The number of nitrogens with one attached hydrogen (secondary N) is 1. The lowest BCUT2D eigenvalue weighted by atomic mass is 10.2. The minimum absolute atomic E-state index is 0.161. The van der Waals surface area contributed by atoms with Crippen LogP contribution in [0.4, 0.5) is 5.95 Å². The van der Waals surface area contributed by atoms with Crippen molar-refractivity contribution in [2.24, 2.45) is 7.05 Å². The van der Waals surface area contributed by atoms with Crippen LogP contribution in [0.5, 0.6) is 5.75 Å². The van der Waals surface area contributed by atoms with Crippen LogP contribution in [-0.2, 0) is 13.6 Å². The van der Waals surface area contributed by atoms with Crippen molar-refractivity contribution in [3.05, 3.63) is 42.2 Å². The Morgan fingerprint density at radius 2 is 2.12 bits per heavy atom. The molecule has 0 atom stereocenters. The molecule has 126 valence electrons. The molecular weight excluding hydrogens is 304 g/mol. The van der Waals surface area contributed by atoms with Crippen LogP contribution in [-0.4, -0.2) is 38.1 Å². The number of rotatable bonds is 6. The van der Waals surface area contributed by atoms with E-state index in [-0.39, 0.29) is 6.10 Å². The van der Waals surface area contributed by atoms with E-state index >= 15 is 0 Å². The first-order valence-electron chi connectivity index (χ1n) is 7.90. The molecule has 0 saturated carbocycles. The third kappa shape index (κ3) is 3.40. The summed E-state index contributed by atoms with van der Waals surface area (Å²) in [4.78, 5) is 2.06. The van der Waals surface area contributed by atoms with Crippen molar-refractivity contribution < 1.29 is 4.74 Å². The molecule has 1 N–H and O–H groups in total. The van der Waals surface area contributed by atoms with Gasteiger partial charge in [-0.2, -0.15) is 5.10 Å². The molecule has 7 heteroatoms. The van der Waals surface area contributed by atoms with Gasteiger partial charge in [-0.1, -0.05) is 12.1 Å². The maximum absolute atomic E-state index is 5.76. The van der Waals surface area contributed by atoms with E-state index in [4.69, 9.17) is 4.74 Å². The molecule has 0 unspecified atom stereocenters. The third-order valence-electron chi connectivity index (χ3n) is 3.64. The molecule has 0 aliphatic heterocycles. The standard InChI is InChI=1S/C17H22N6O/c1-12(2)24-15-7-5-6-13(8-15)11-22(3)17-21-20-16(23(17)4)14-9-18-19-10-14/h5-10,12H,11H2,1-4H3,(H,18,19). The van der Waals surface area contributed by atoms with E-state index in [9.17, 15) is 0 Å². The molecule has 0 radical (unpaired) electrons. The van der Waals surface area contributed by atoms with E-state index < -0.39 is 0 Å². The second kappa shape index (κ2) is 6.74. The minimum atomic E-state index is 0.161. The maximum Gasteiger partial charge on any atom is 0.227 e. The summed E-state index contributed by atoms with van der Waals surface area (Å²) in [6.07, 6.45) is 3.70. The quantitative estimate of drug-likeness (QED) is 0.754. The zero-order valence-electron chi connectivity index (χ0n) is 14.4. The van der Waals surface area contributed by atoms with Gasteiger partial charge >= 0.3 is 0 Å². The van der Waals surface area contributed by atoms with Gasteiger partial charge in [0.2, 0.25) is 5.95 Å². The summed E-state index contributed by atoms with van der Waals surface area (Å²) < 4.78 is 7.71. The zero-order chi connectivity index (χ0) is 17.1. The molecular formula is C17H22N6O. The summed E-state index contributed by atoms with van der Waals surface area (Å²) in [7, 11) is 3.95. The smallest absolute Gasteiger partial charge is 0.227 e. The second-order valence-corrected chi connectivity index (χ2v) is 6.04. The van der Waals surface area contributed by atoms with E-state index in [1.165, 1.54) is 0 Å². The number of hydrogen-bond donors (Lipinski definition) is 1. The Balaban J connectivity index is 1.77. The molecule has 0 aliphatic rings. The van der Waals surface area contributed by atoms with Crippen LogP contribution in [0, 0.1) is 0 Å². The lowest BCUT2D eigenvalue weighted by Gasteiger charge is -2.18. The van der Waals surface area contributed by atoms with Gasteiger partial charge in [-0.15, -0.1) is 10.2 Å². The van der Waals surface area contributed by atoms with Crippen molar-refractivity contribution in [1.29, 1.82) is 0 Å². The molecule has 24 heavy (non-hydrogen) atoms.